The van der Waals surface area contributed by atoms with E-state index < -0.39 is 73.4 Å². The summed E-state index contributed by atoms with van der Waals surface area (Å²) < 4.78 is 57.2. The van der Waals surface area contributed by atoms with Gasteiger partial charge in [0.25, 0.3) is 0 Å². The number of amides is 1. The minimum absolute atomic E-state index is 0.0177. The van der Waals surface area contributed by atoms with Gasteiger partial charge in [0.2, 0.25) is 5.91 Å². The summed E-state index contributed by atoms with van der Waals surface area (Å²) in [6.45, 7) is 4.74. The number of nitrogens with one attached hydrogen (secondary N) is 2. The second-order valence-electron chi connectivity index (χ2n) is 12.6. The van der Waals surface area contributed by atoms with Crippen LogP contribution in [0.3, 0.4) is 0 Å². The zero-order valence-electron chi connectivity index (χ0n) is 26.8. The zero-order chi connectivity index (χ0) is 36.3. The van der Waals surface area contributed by atoms with Crippen molar-refractivity contribution in [1.82, 2.24) is 5.32 Å². The number of nitriles is 1. The predicted molar refractivity (Wildman–Crippen MR) is 178 cm³/mol. The maximum atomic E-state index is 15.9. The first kappa shape index (κ1) is 38.2. The molecule has 49 heavy (non-hydrogen) atoms. The average molecular weight is 741 g/mol. The molecule has 1 unspecified atom stereocenters. The van der Waals surface area contributed by atoms with Crippen molar-refractivity contribution in [3.05, 3.63) is 93.0 Å². The van der Waals surface area contributed by atoms with Crippen LogP contribution in [0.25, 0.3) is 0 Å². The van der Waals surface area contributed by atoms with Gasteiger partial charge in [-0.25, -0.2) is 18.1 Å². The Hall–Kier alpha value is -3.60. The number of benzene rings is 3. The average Bonchev–Trinajstić information content (AvgIpc) is 3.33. The Morgan fingerprint density at radius 3 is 2.43 bits per heavy atom. The number of carbonyl (C=O) groups excluding carboxylic acids is 2. The second kappa shape index (κ2) is 15.1. The quantitative estimate of drug-likeness (QED) is 0.0968. The highest BCUT2D eigenvalue weighted by atomic mass is 35.5. The van der Waals surface area contributed by atoms with Crippen LogP contribution in [-0.4, -0.2) is 54.1 Å². The number of phosphoric ester groups is 1. The Balaban J connectivity index is 1.77. The summed E-state index contributed by atoms with van der Waals surface area (Å²) in [6.07, 6.45) is 0.268. The van der Waals surface area contributed by atoms with E-state index in [1.165, 1.54) is 55.6 Å². The van der Waals surface area contributed by atoms with Crippen LogP contribution in [0.2, 0.25) is 10.0 Å². The lowest BCUT2D eigenvalue weighted by atomic mass is 9.62. The number of halogens is 4. The number of ether oxygens (including phenoxy) is 2. The molecule has 3 aromatic carbocycles. The molecule has 0 radical (unpaired) electrons. The standard InChI is InChI=1S/C33H34Cl2F2N3O8P/c1-32(2,3)16-26-33(17-38,21-10-9-19(34)15-23(21)36)27(20-6-5-7-22(35)28(20)37)29(40-26)30(41)39-24-11-8-18(14-25(24)46-4)31(42)47-12-13-48-49(43,44)45/h5-11,14-15,26-27,29,40H,12-13,16H2,1-4H3,(H,39,41)(H2,43,44,45)/t26?,27-,29+,33-/m0/s1. The summed E-state index contributed by atoms with van der Waals surface area (Å²) in [5.74, 6) is -4.55. The molecule has 0 spiro atoms. The highest BCUT2D eigenvalue weighted by molar-refractivity contribution is 7.46. The molecule has 0 aliphatic carbocycles. The zero-order valence-corrected chi connectivity index (χ0v) is 29.2. The Bertz CT molecular complexity index is 1830. The van der Waals surface area contributed by atoms with Crippen LogP contribution in [0.1, 0.15) is 54.6 Å². The summed E-state index contributed by atoms with van der Waals surface area (Å²) in [4.78, 5) is 44.3. The molecular weight excluding hydrogens is 706 g/mol. The molecule has 0 aromatic heterocycles. The predicted octanol–water partition coefficient (Wildman–Crippen LogP) is 6.51. The molecule has 1 fully saturated rings. The van der Waals surface area contributed by atoms with Crippen molar-refractivity contribution in [3.63, 3.8) is 0 Å². The number of esters is 1. The Morgan fingerprint density at radius 1 is 1.10 bits per heavy atom. The van der Waals surface area contributed by atoms with E-state index in [9.17, 15) is 19.4 Å². The van der Waals surface area contributed by atoms with Crippen molar-refractivity contribution >= 4 is 48.6 Å². The van der Waals surface area contributed by atoms with Crippen molar-refractivity contribution in [2.75, 3.05) is 25.6 Å². The molecule has 262 valence electrons. The van der Waals surface area contributed by atoms with Gasteiger partial charge in [0.1, 0.15) is 29.4 Å². The van der Waals surface area contributed by atoms with Crippen molar-refractivity contribution in [3.8, 4) is 11.8 Å². The van der Waals surface area contributed by atoms with Gasteiger partial charge in [0.05, 0.1) is 42.1 Å². The van der Waals surface area contributed by atoms with Crippen LogP contribution in [0.4, 0.5) is 14.5 Å². The van der Waals surface area contributed by atoms with Gasteiger partial charge in [-0.2, -0.15) is 5.26 Å². The topological polar surface area (TPSA) is 167 Å². The molecule has 4 rings (SSSR count). The van der Waals surface area contributed by atoms with E-state index in [-0.39, 0.29) is 44.6 Å². The van der Waals surface area contributed by atoms with Gasteiger partial charge in [-0.05, 0) is 53.8 Å². The molecular formula is C33H34Cl2F2N3O8P. The van der Waals surface area contributed by atoms with Gasteiger partial charge in [-0.15, -0.1) is 0 Å². The minimum atomic E-state index is -4.74. The van der Waals surface area contributed by atoms with Crippen molar-refractivity contribution in [2.24, 2.45) is 5.41 Å². The summed E-state index contributed by atoms with van der Waals surface area (Å²) in [5, 5.41) is 16.8. The molecule has 1 saturated heterocycles. The van der Waals surface area contributed by atoms with Gasteiger partial charge in [-0.1, -0.05) is 62.2 Å². The fourth-order valence-electron chi connectivity index (χ4n) is 6.06. The van der Waals surface area contributed by atoms with E-state index in [1.807, 2.05) is 20.8 Å². The maximum Gasteiger partial charge on any atom is 0.469 e. The molecule has 1 amide bonds. The van der Waals surface area contributed by atoms with E-state index in [4.69, 9.17) is 42.5 Å². The first-order chi connectivity index (χ1) is 22.9. The molecule has 4 N–H and O–H groups in total. The summed E-state index contributed by atoms with van der Waals surface area (Å²) in [6, 6.07) is 12.1. The SMILES string of the molecule is COc1cc(C(=O)OCCOP(=O)(O)O)ccc1NC(=O)[C@@H]1NC(CC(C)(C)C)[C@](C#N)(c2ccc(Cl)cc2F)[C@H]1c1cccc(Cl)c1F. The Labute approximate surface area is 291 Å². The molecule has 1 aliphatic rings. The van der Waals surface area contributed by atoms with Crippen LogP contribution < -0.4 is 15.4 Å². The number of rotatable bonds is 11. The highest BCUT2D eigenvalue weighted by Gasteiger charge is 2.61. The van der Waals surface area contributed by atoms with Crippen molar-refractivity contribution in [2.45, 2.75) is 50.6 Å². The van der Waals surface area contributed by atoms with E-state index in [0.717, 1.165) is 6.07 Å². The van der Waals surface area contributed by atoms with Gasteiger partial charge in [-0.3, -0.25) is 9.32 Å². The lowest BCUT2D eigenvalue weighted by molar-refractivity contribution is -0.118. The third-order valence-electron chi connectivity index (χ3n) is 8.00. The maximum absolute atomic E-state index is 15.9. The molecule has 16 heteroatoms. The molecule has 4 atom stereocenters. The molecule has 0 bridgehead atoms. The normalized spacial score (nSPS) is 20.8. The number of anilines is 1. The molecule has 1 heterocycles. The molecule has 3 aromatic rings. The largest absolute Gasteiger partial charge is 0.495 e. The van der Waals surface area contributed by atoms with Gasteiger partial charge < -0.3 is 29.9 Å². The van der Waals surface area contributed by atoms with Crippen molar-refractivity contribution < 1.29 is 46.7 Å². The van der Waals surface area contributed by atoms with Gasteiger partial charge in [0.15, 0.2) is 0 Å². The van der Waals surface area contributed by atoms with Gasteiger partial charge in [0, 0.05) is 22.5 Å². The fraction of sp³-hybridized carbons (Fsp3) is 0.364. The van der Waals surface area contributed by atoms with Crippen LogP contribution in [-0.2, 0) is 24.0 Å². The van der Waals surface area contributed by atoms with Crippen LogP contribution in [0.5, 0.6) is 5.75 Å². The first-order valence-corrected chi connectivity index (χ1v) is 17.1. The monoisotopic (exact) mass is 739 g/mol. The lowest BCUT2D eigenvalue weighted by Crippen LogP contribution is -2.45. The smallest absolute Gasteiger partial charge is 0.469 e. The number of nitrogens with zero attached hydrogens (tertiary/aromatic N) is 1. The second-order valence-corrected chi connectivity index (χ2v) is 14.6. The van der Waals surface area contributed by atoms with E-state index in [0.29, 0.717) is 0 Å². The van der Waals surface area contributed by atoms with Crippen molar-refractivity contribution in [1.29, 1.82) is 5.26 Å². The lowest BCUT2D eigenvalue weighted by Gasteiger charge is -2.37. The summed E-state index contributed by atoms with van der Waals surface area (Å²) in [7, 11) is -3.46. The van der Waals surface area contributed by atoms with E-state index >= 15 is 8.78 Å². The molecule has 0 saturated carbocycles. The van der Waals surface area contributed by atoms with Crippen LogP contribution in [0, 0.1) is 28.4 Å². The van der Waals surface area contributed by atoms with Crippen LogP contribution >= 0.6 is 31.0 Å². The number of phosphoric acid groups is 1. The van der Waals surface area contributed by atoms with Crippen LogP contribution in [0.15, 0.2) is 54.6 Å². The van der Waals surface area contributed by atoms with Gasteiger partial charge >= 0.3 is 13.8 Å². The third-order valence-corrected chi connectivity index (χ3v) is 9.05. The fourth-order valence-corrected chi connectivity index (χ4v) is 6.72. The third kappa shape index (κ3) is 8.59. The summed E-state index contributed by atoms with van der Waals surface area (Å²) in [5.41, 5.74) is -2.36. The van der Waals surface area contributed by atoms with E-state index in [2.05, 4.69) is 21.2 Å². The Kier molecular flexibility index (Phi) is 11.8. The minimum Gasteiger partial charge on any atom is -0.495 e. The number of hydrogen-bond donors (Lipinski definition) is 4. The van der Waals surface area contributed by atoms with E-state index in [1.54, 1.807) is 0 Å². The number of hydrogen-bond acceptors (Lipinski definition) is 8. The Morgan fingerprint density at radius 2 is 1.82 bits per heavy atom. The first-order valence-electron chi connectivity index (χ1n) is 14.8. The number of carbonyl (C=O) groups is 2. The molecule has 1 aliphatic heterocycles. The highest BCUT2D eigenvalue weighted by Crippen LogP contribution is 2.53. The molecule has 11 nitrogen and oxygen atoms in total. The number of methoxy groups -OCH3 is 1. The summed E-state index contributed by atoms with van der Waals surface area (Å²) >= 11 is 12.3.